The third kappa shape index (κ3) is 2.95. The van der Waals surface area contributed by atoms with Gasteiger partial charge in [-0.25, -0.2) is 13.8 Å². The monoisotopic (exact) mass is 303 g/mol. The first-order valence-corrected chi connectivity index (χ1v) is 7.51. The van der Waals surface area contributed by atoms with E-state index in [4.69, 9.17) is 0 Å². The predicted molar refractivity (Wildman–Crippen MR) is 82.8 cm³/mol. The fraction of sp³-hybridized carbons (Fsp3) is 0.353. The molecule has 0 amide bonds. The number of halogens is 2. The van der Waals surface area contributed by atoms with Gasteiger partial charge in [-0.1, -0.05) is 12.1 Å². The summed E-state index contributed by atoms with van der Waals surface area (Å²) in [6.07, 6.45) is 1.78. The van der Waals surface area contributed by atoms with Crippen LogP contribution in [0.2, 0.25) is 0 Å². The average molecular weight is 303 g/mol. The first-order valence-electron chi connectivity index (χ1n) is 7.51. The van der Waals surface area contributed by atoms with Crippen molar-refractivity contribution in [3.8, 4) is 0 Å². The van der Waals surface area contributed by atoms with Gasteiger partial charge in [0.25, 0.3) is 0 Å². The molecule has 0 unspecified atom stereocenters. The molecule has 3 nitrogen and oxygen atoms in total. The molecule has 0 N–H and O–H groups in total. The molecule has 3 rings (SSSR count). The highest BCUT2D eigenvalue weighted by atomic mass is 19.1. The lowest BCUT2D eigenvalue weighted by Crippen LogP contribution is -2.47. The lowest BCUT2D eigenvalue weighted by molar-refractivity contribution is 0.191. The number of rotatable bonds is 3. The first kappa shape index (κ1) is 14.9. The molecule has 0 spiro atoms. The number of aromatic nitrogens is 1. The van der Waals surface area contributed by atoms with E-state index >= 15 is 0 Å². The highest BCUT2D eigenvalue weighted by Gasteiger charge is 2.26. The zero-order valence-electron chi connectivity index (χ0n) is 12.5. The van der Waals surface area contributed by atoms with E-state index in [9.17, 15) is 8.78 Å². The van der Waals surface area contributed by atoms with Gasteiger partial charge in [-0.3, -0.25) is 4.90 Å². The van der Waals surface area contributed by atoms with Crippen molar-refractivity contribution < 1.29 is 8.78 Å². The molecule has 0 aliphatic carbocycles. The minimum absolute atomic E-state index is 0.161. The number of hydrogen-bond acceptors (Lipinski definition) is 3. The Kier molecular flexibility index (Phi) is 4.34. The van der Waals surface area contributed by atoms with Crippen molar-refractivity contribution in [2.45, 2.75) is 13.0 Å². The van der Waals surface area contributed by atoms with Crippen LogP contribution in [0.25, 0.3) is 0 Å². The molecule has 5 heteroatoms. The van der Waals surface area contributed by atoms with Crippen LogP contribution in [0.3, 0.4) is 0 Å². The van der Waals surface area contributed by atoms with Crippen LogP contribution in [-0.2, 0) is 0 Å². The van der Waals surface area contributed by atoms with Crippen molar-refractivity contribution in [3.63, 3.8) is 0 Å². The Bertz CT molecular complexity index is 605. The number of piperazine rings is 1. The molecule has 2 heterocycles. The minimum Gasteiger partial charge on any atom is -0.354 e. The number of hydrogen-bond donors (Lipinski definition) is 0. The number of anilines is 1. The molecule has 1 saturated heterocycles. The normalized spacial score (nSPS) is 17.5. The maximum Gasteiger partial charge on any atom is 0.130 e. The minimum atomic E-state index is -0.473. The van der Waals surface area contributed by atoms with Gasteiger partial charge in [-0.05, 0) is 31.2 Å². The smallest absolute Gasteiger partial charge is 0.130 e. The molecule has 22 heavy (non-hydrogen) atoms. The van der Waals surface area contributed by atoms with Crippen LogP contribution >= 0.6 is 0 Å². The third-order valence-electron chi connectivity index (χ3n) is 4.25. The molecule has 0 radical (unpaired) electrons. The van der Waals surface area contributed by atoms with Crippen LogP contribution in [0.1, 0.15) is 18.5 Å². The Hall–Kier alpha value is -2.01. The quantitative estimate of drug-likeness (QED) is 0.868. The standard InChI is InChI=1S/C17H19F2N3/c1-13(17-14(18)5-4-6-15(17)19)21-9-11-22(12-10-21)16-7-2-3-8-20-16/h2-8,13H,9-12H2,1H3/t13-/m1/s1. The van der Waals surface area contributed by atoms with E-state index in [1.54, 1.807) is 6.20 Å². The van der Waals surface area contributed by atoms with Gasteiger partial charge in [0.05, 0.1) is 0 Å². The van der Waals surface area contributed by atoms with Gasteiger partial charge in [-0.15, -0.1) is 0 Å². The van der Waals surface area contributed by atoms with Crippen LogP contribution in [0, 0.1) is 11.6 Å². The molecule has 116 valence electrons. The van der Waals surface area contributed by atoms with Crippen molar-refractivity contribution in [3.05, 3.63) is 59.8 Å². The molecular formula is C17H19F2N3. The Morgan fingerprint density at radius 1 is 0.955 bits per heavy atom. The van der Waals surface area contributed by atoms with E-state index in [2.05, 4.69) is 14.8 Å². The summed E-state index contributed by atoms with van der Waals surface area (Å²) >= 11 is 0. The van der Waals surface area contributed by atoms with Crippen molar-refractivity contribution in [1.82, 2.24) is 9.88 Å². The van der Waals surface area contributed by atoms with E-state index < -0.39 is 11.6 Å². The number of nitrogens with zero attached hydrogens (tertiary/aromatic N) is 3. The molecule has 1 aromatic heterocycles. The Balaban J connectivity index is 1.69. The molecule has 1 aliphatic rings. The lowest BCUT2D eigenvalue weighted by atomic mass is 10.0. The van der Waals surface area contributed by atoms with Crippen molar-refractivity contribution in [1.29, 1.82) is 0 Å². The van der Waals surface area contributed by atoms with Gasteiger partial charge in [0.2, 0.25) is 0 Å². The van der Waals surface area contributed by atoms with Crippen molar-refractivity contribution in [2.75, 3.05) is 31.1 Å². The van der Waals surface area contributed by atoms with Crippen LogP contribution < -0.4 is 4.90 Å². The lowest BCUT2D eigenvalue weighted by Gasteiger charge is -2.38. The number of pyridine rings is 1. The molecule has 1 aromatic carbocycles. The van der Waals surface area contributed by atoms with Crippen LogP contribution in [0.5, 0.6) is 0 Å². The Morgan fingerprint density at radius 3 is 2.23 bits per heavy atom. The fourth-order valence-electron chi connectivity index (χ4n) is 2.97. The fourth-order valence-corrected chi connectivity index (χ4v) is 2.97. The number of benzene rings is 1. The van der Waals surface area contributed by atoms with E-state index in [0.717, 1.165) is 32.0 Å². The SMILES string of the molecule is C[C@H](c1c(F)cccc1F)N1CCN(c2ccccn2)CC1. The Morgan fingerprint density at radius 2 is 1.64 bits per heavy atom. The maximum atomic E-state index is 13.9. The molecule has 1 aliphatic heterocycles. The second-order valence-electron chi connectivity index (χ2n) is 5.52. The summed E-state index contributed by atoms with van der Waals surface area (Å²) in [5.74, 6) is 0.00573. The summed E-state index contributed by atoms with van der Waals surface area (Å²) in [6, 6.07) is 9.61. The van der Waals surface area contributed by atoms with Crippen LogP contribution in [0.4, 0.5) is 14.6 Å². The maximum absolute atomic E-state index is 13.9. The summed E-state index contributed by atoms with van der Waals surface area (Å²) in [4.78, 5) is 8.65. The highest BCUT2D eigenvalue weighted by Crippen LogP contribution is 2.27. The third-order valence-corrected chi connectivity index (χ3v) is 4.25. The summed E-state index contributed by atoms with van der Waals surface area (Å²) in [7, 11) is 0. The zero-order valence-corrected chi connectivity index (χ0v) is 12.5. The molecule has 1 atom stereocenters. The summed E-state index contributed by atoms with van der Waals surface area (Å²) in [6.45, 7) is 4.98. The largest absolute Gasteiger partial charge is 0.354 e. The highest BCUT2D eigenvalue weighted by molar-refractivity contribution is 5.38. The molecule has 1 fully saturated rings. The van der Waals surface area contributed by atoms with Crippen molar-refractivity contribution >= 4 is 5.82 Å². The van der Waals surface area contributed by atoms with E-state index in [0.29, 0.717) is 0 Å². The molecular weight excluding hydrogens is 284 g/mol. The predicted octanol–water partition coefficient (Wildman–Crippen LogP) is 3.24. The second-order valence-corrected chi connectivity index (χ2v) is 5.52. The average Bonchev–Trinajstić information content (AvgIpc) is 2.55. The molecule has 0 bridgehead atoms. The van der Waals surface area contributed by atoms with E-state index in [1.165, 1.54) is 18.2 Å². The second kappa shape index (κ2) is 6.40. The topological polar surface area (TPSA) is 19.4 Å². The van der Waals surface area contributed by atoms with Crippen LogP contribution in [0.15, 0.2) is 42.6 Å². The van der Waals surface area contributed by atoms with E-state index in [1.807, 2.05) is 25.1 Å². The van der Waals surface area contributed by atoms with Gasteiger partial charge >= 0.3 is 0 Å². The zero-order chi connectivity index (χ0) is 15.5. The van der Waals surface area contributed by atoms with Gasteiger partial charge in [0.15, 0.2) is 0 Å². The van der Waals surface area contributed by atoms with Crippen molar-refractivity contribution in [2.24, 2.45) is 0 Å². The Labute approximate surface area is 129 Å². The van der Waals surface area contributed by atoms with Crippen LogP contribution in [-0.4, -0.2) is 36.1 Å². The summed E-state index contributed by atoms with van der Waals surface area (Å²) in [5.41, 5.74) is 0.161. The summed E-state index contributed by atoms with van der Waals surface area (Å²) in [5, 5.41) is 0. The molecule has 0 saturated carbocycles. The van der Waals surface area contributed by atoms with Gasteiger partial charge in [0, 0.05) is 44.0 Å². The summed E-state index contributed by atoms with van der Waals surface area (Å²) < 4.78 is 27.8. The molecule has 2 aromatic rings. The van der Waals surface area contributed by atoms with Gasteiger partial charge in [0.1, 0.15) is 17.5 Å². The first-order chi connectivity index (χ1) is 10.7. The van der Waals surface area contributed by atoms with Gasteiger partial charge < -0.3 is 4.90 Å². The van der Waals surface area contributed by atoms with Gasteiger partial charge in [-0.2, -0.15) is 0 Å². The van der Waals surface area contributed by atoms with E-state index in [-0.39, 0.29) is 11.6 Å².